The first-order valence-corrected chi connectivity index (χ1v) is 15.7. The van der Waals surface area contributed by atoms with Crippen molar-refractivity contribution in [2.75, 3.05) is 46.1 Å². The predicted octanol–water partition coefficient (Wildman–Crippen LogP) is 1.52. The number of nitrogens with one attached hydrogen (secondary N) is 1. The maximum atomic E-state index is 13.0. The number of hydrogen-bond acceptors (Lipinski definition) is 9. The Bertz CT molecular complexity index is 1540. The molecule has 0 aliphatic carbocycles. The fourth-order valence-electron chi connectivity index (χ4n) is 4.51. The Morgan fingerprint density at radius 2 is 1.69 bits per heavy atom. The topological polar surface area (TPSA) is 135 Å². The molecule has 1 N–H and O–H groups in total. The van der Waals surface area contributed by atoms with E-state index in [1.54, 1.807) is 17.0 Å². The van der Waals surface area contributed by atoms with Crippen LogP contribution < -0.4 is 9.46 Å². The monoisotopic (exact) mass is 576 g/mol. The fraction of sp³-hybridized carbons (Fsp3) is 0.385. The van der Waals surface area contributed by atoms with Gasteiger partial charge in [0.25, 0.3) is 0 Å². The van der Waals surface area contributed by atoms with E-state index in [1.165, 1.54) is 23.5 Å². The Balaban J connectivity index is 1.39. The summed E-state index contributed by atoms with van der Waals surface area (Å²) >= 11 is 0. The smallest absolute Gasteiger partial charge is 0.324 e. The molecule has 39 heavy (non-hydrogen) atoms. The van der Waals surface area contributed by atoms with Crippen LogP contribution in [0.4, 0.5) is 0 Å². The SMILES string of the molecule is COC(=O)[C@H](CNS(=O)(=O)c1ccc(OCc2cc(C)nc3ccccc23)cc1)N1CCN(S(C)(=O)=O)CC1. The minimum Gasteiger partial charge on any atom is -0.489 e. The summed E-state index contributed by atoms with van der Waals surface area (Å²) in [5.41, 5.74) is 2.73. The van der Waals surface area contributed by atoms with Gasteiger partial charge in [-0.15, -0.1) is 0 Å². The summed E-state index contributed by atoms with van der Waals surface area (Å²) < 4.78 is 64.1. The van der Waals surface area contributed by atoms with E-state index in [1.807, 2.05) is 37.3 Å². The van der Waals surface area contributed by atoms with Crippen LogP contribution in [0.1, 0.15) is 11.3 Å². The molecule has 0 unspecified atom stereocenters. The Labute approximate surface area is 228 Å². The second-order valence-corrected chi connectivity index (χ2v) is 13.0. The van der Waals surface area contributed by atoms with Crippen LogP contribution in [0.15, 0.2) is 59.5 Å². The number of benzene rings is 2. The minimum atomic E-state index is -3.94. The van der Waals surface area contributed by atoms with Crippen molar-refractivity contribution in [3.05, 3.63) is 65.9 Å². The number of aryl methyl sites for hydroxylation is 1. The zero-order chi connectivity index (χ0) is 28.2. The molecule has 3 aromatic rings. The van der Waals surface area contributed by atoms with Crippen LogP contribution in [0, 0.1) is 6.92 Å². The molecular formula is C26H32N4O7S2. The Kier molecular flexibility index (Phi) is 8.86. The number of carbonyl (C=O) groups is 1. The lowest BCUT2D eigenvalue weighted by molar-refractivity contribution is -0.147. The van der Waals surface area contributed by atoms with Crippen LogP contribution in [0.2, 0.25) is 0 Å². The Hall–Kier alpha value is -3.10. The van der Waals surface area contributed by atoms with Crippen LogP contribution in [0.5, 0.6) is 5.75 Å². The average molecular weight is 577 g/mol. The number of methoxy groups -OCH3 is 1. The van der Waals surface area contributed by atoms with Gasteiger partial charge < -0.3 is 9.47 Å². The highest BCUT2D eigenvalue weighted by molar-refractivity contribution is 7.89. The van der Waals surface area contributed by atoms with E-state index < -0.39 is 32.1 Å². The van der Waals surface area contributed by atoms with Gasteiger partial charge in [-0.1, -0.05) is 18.2 Å². The quantitative estimate of drug-likeness (QED) is 0.356. The maximum Gasteiger partial charge on any atom is 0.324 e. The molecule has 0 radical (unpaired) electrons. The number of para-hydroxylation sites is 1. The maximum absolute atomic E-state index is 13.0. The molecule has 13 heteroatoms. The molecule has 1 fully saturated rings. The zero-order valence-corrected chi connectivity index (χ0v) is 23.7. The highest BCUT2D eigenvalue weighted by atomic mass is 32.2. The summed E-state index contributed by atoms with van der Waals surface area (Å²) in [6.45, 7) is 2.94. The molecule has 1 aliphatic heterocycles. The second-order valence-electron chi connectivity index (χ2n) is 9.29. The lowest BCUT2D eigenvalue weighted by atomic mass is 10.1. The Morgan fingerprint density at radius 1 is 1.03 bits per heavy atom. The lowest BCUT2D eigenvalue weighted by Crippen LogP contribution is -2.56. The van der Waals surface area contributed by atoms with Crippen molar-refractivity contribution >= 4 is 36.9 Å². The largest absolute Gasteiger partial charge is 0.489 e. The number of aromatic nitrogens is 1. The molecule has 11 nitrogen and oxygen atoms in total. The van der Waals surface area contributed by atoms with Crippen molar-refractivity contribution in [1.82, 2.24) is 18.9 Å². The molecule has 1 aliphatic rings. The Morgan fingerprint density at radius 3 is 2.33 bits per heavy atom. The number of nitrogens with zero attached hydrogens (tertiary/aromatic N) is 3. The molecule has 1 aromatic heterocycles. The van der Waals surface area contributed by atoms with Crippen LogP contribution in [-0.2, 0) is 36.2 Å². The van der Waals surface area contributed by atoms with Crippen molar-refractivity contribution in [1.29, 1.82) is 0 Å². The molecule has 0 bridgehead atoms. The van der Waals surface area contributed by atoms with Gasteiger partial charge in [0.15, 0.2) is 0 Å². The third-order valence-electron chi connectivity index (χ3n) is 6.58. The normalized spacial score (nSPS) is 16.2. The minimum absolute atomic E-state index is 0.0190. The summed E-state index contributed by atoms with van der Waals surface area (Å²) in [4.78, 5) is 18.7. The fourth-order valence-corrected chi connectivity index (χ4v) is 6.37. The number of fused-ring (bicyclic) bond motifs is 1. The number of rotatable bonds is 10. The molecule has 2 aromatic carbocycles. The molecule has 2 heterocycles. The van der Waals surface area contributed by atoms with Gasteiger partial charge in [-0.25, -0.2) is 21.6 Å². The van der Waals surface area contributed by atoms with Crippen LogP contribution in [0.3, 0.4) is 0 Å². The van der Waals surface area contributed by atoms with Crippen molar-refractivity contribution < 1.29 is 31.1 Å². The number of pyridine rings is 1. The van der Waals surface area contributed by atoms with E-state index in [0.717, 1.165) is 28.4 Å². The van der Waals surface area contributed by atoms with Gasteiger partial charge >= 0.3 is 5.97 Å². The van der Waals surface area contributed by atoms with Crippen LogP contribution in [0.25, 0.3) is 10.9 Å². The number of ether oxygens (including phenoxy) is 2. The first kappa shape index (κ1) is 28.9. The number of hydrogen-bond donors (Lipinski definition) is 1. The summed E-state index contributed by atoms with van der Waals surface area (Å²) in [6.07, 6.45) is 1.13. The van der Waals surface area contributed by atoms with E-state index in [9.17, 15) is 21.6 Å². The molecule has 210 valence electrons. The van der Waals surface area contributed by atoms with Gasteiger partial charge in [-0.3, -0.25) is 14.7 Å². The number of piperazine rings is 1. The third kappa shape index (κ3) is 7.11. The zero-order valence-electron chi connectivity index (χ0n) is 22.0. The van der Waals surface area contributed by atoms with E-state index in [2.05, 4.69) is 9.71 Å². The molecule has 0 spiro atoms. The summed E-state index contributed by atoms with van der Waals surface area (Å²) in [6, 6.07) is 14.9. The lowest BCUT2D eigenvalue weighted by Gasteiger charge is -2.36. The molecule has 0 saturated carbocycles. The molecule has 0 amide bonds. The van der Waals surface area contributed by atoms with Crippen molar-refractivity contribution in [2.24, 2.45) is 0 Å². The average Bonchev–Trinajstić information content (AvgIpc) is 2.91. The van der Waals surface area contributed by atoms with Crippen LogP contribution >= 0.6 is 0 Å². The van der Waals surface area contributed by atoms with Gasteiger partial charge in [0.2, 0.25) is 20.0 Å². The summed E-state index contributed by atoms with van der Waals surface area (Å²) in [5, 5.41) is 0.990. The standard InChI is InChI=1S/C26H32N4O7S2/c1-19-16-20(23-6-4-5-7-24(23)28-19)18-37-21-8-10-22(11-9-21)39(34,35)27-17-25(26(31)36-2)29-12-14-30(15-13-29)38(3,32)33/h4-11,16,25,27H,12-15,17-18H2,1-3H3/t25-/m0/s1. The van der Waals surface area contributed by atoms with Gasteiger partial charge in [-0.2, -0.15) is 4.31 Å². The van der Waals surface area contributed by atoms with Gasteiger partial charge in [0.05, 0.1) is 23.8 Å². The van der Waals surface area contributed by atoms with E-state index in [-0.39, 0.29) is 37.6 Å². The van der Waals surface area contributed by atoms with Gasteiger partial charge in [-0.05, 0) is 43.3 Å². The third-order valence-corrected chi connectivity index (χ3v) is 9.32. The van der Waals surface area contributed by atoms with Crippen molar-refractivity contribution in [2.45, 2.75) is 24.5 Å². The van der Waals surface area contributed by atoms with E-state index in [0.29, 0.717) is 12.4 Å². The molecule has 4 rings (SSSR count). The number of esters is 1. The van der Waals surface area contributed by atoms with Gasteiger partial charge in [0.1, 0.15) is 18.4 Å². The second kappa shape index (κ2) is 12.0. The summed E-state index contributed by atoms with van der Waals surface area (Å²) in [5.74, 6) is -0.100. The van der Waals surface area contributed by atoms with E-state index in [4.69, 9.17) is 9.47 Å². The highest BCUT2D eigenvalue weighted by Gasteiger charge is 2.33. The molecule has 1 saturated heterocycles. The van der Waals surface area contributed by atoms with Crippen LogP contribution in [-0.4, -0.2) is 89.1 Å². The highest BCUT2D eigenvalue weighted by Crippen LogP contribution is 2.22. The number of sulfonamides is 2. The predicted molar refractivity (Wildman–Crippen MR) is 146 cm³/mol. The molecule has 1 atom stereocenters. The number of carbonyl (C=O) groups excluding carboxylic acids is 1. The first-order valence-electron chi connectivity index (χ1n) is 12.3. The summed E-state index contributed by atoms with van der Waals surface area (Å²) in [7, 11) is -6.06. The molecular weight excluding hydrogens is 544 g/mol. The van der Waals surface area contributed by atoms with Gasteiger partial charge in [0, 0.05) is 49.4 Å². The van der Waals surface area contributed by atoms with E-state index >= 15 is 0 Å². The van der Waals surface area contributed by atoms with Crippen molar-refractivity contribution in [3.8, 4) is 5.75 Å². The van der Waals surface area contributed by atoms with Crippen molar-refractivity contribution in [3.63, 3.8) is 0 Å². The first-order chi connectivity index (χ1) is 18.5.